The molecule has 1 atom stereocenters. The Morgan fingerprint density at radius 3 is 2.81 bits per heavy atom. The van der Waals surface area contributed by atoms with Crippen molar-refractivity contribution in [2.75, 3.05) is 17.2 Å². The minimum absolute atomic E-state index is 0.00735. The summed E-state index contributed by atoms with van der Waals surface area (Å²) in [6, 6.07) is 6.97. The van der Waals surface area contributed by atoms with Gasteiger partial charge in [-0.05, 0) is 18.1 Å². The number of nitrogens with zero attached hydrogens (tertiary/aromatic N) is 3. The molecular weight excluding hydrogens is 274 g/mol. The Bertz CT molecular complexity index is 711. The molecule has 0 saturated heterocycles. The van der Waals surface area contributed by atoms with Crippen molar-refractivity contribution in [2.24, 2.45) is 0 Å². The molecule has 3 rings (SSSR count). The number of aromatic nitrogens is 3. The number of para-hydroxylation sites is 1. The summed E-state index contributed by atoms with van der Waals surface area (Å²) >= 11 is 0. The molecule has 8 heteroatoms. The zero-order valence-corrected chi connectivity index (χ0v) is 11.0. The number of aromatic amines is 1. The normalized spacial score (nSPS) is 17.3. The summed E-state index contributed by atoms with van der Waals surface area (Å²) in [4.78, 5) is 29.1. The number of carbonyl (C=O) groups is 2. The van der Waals surface area contributed by atoms with E-state index in [1.807, 2.05) is 0 Å². The van der Waals surface area contributed by atoms with E-state index < -0.39 is 11.9 Å². The highest BCUT2D eigenvalue weighted by molar-refractivity contribution is 6.05. The molecule has 1 aliphatic heterocycles. The molecule has 1 amide bonds. The zero-order valence-electron chi connectivity index (χ0n) is 11.0. The van der Waals surface area contributed by atoms with Gasteiger partial charge in [0.1, 0.15) is 0 Å². The lowest BCUT2D eigenvalue weighted by atomic mass is 9.90. The van der Waals surface area contributed by atoms with Crippen LogP contribution in [0.5, 0.6) is 0 Å². The van der Waals surface area contributed by atoms with Gasteiger partial charge in [0.05, 0.1) is 5.92 Å². The number of carboxylic acid groups (broad SMARTS) is 1. The van der Waals surface area contributed by atoms with E-state index in [0.29, 0.717) is 24.2 Å². The van der Waals surface area contributed by atoms with Gasteiger partial charge < -0.3 is 15.7 Å². The lowest BCUT2D eigenvalue weighted by Crippen LogP contribution is -2.38. The van der Waals surface area contributed by atoms with Gasteiger partial charge in [0.15, 0.2) is 0 Å². The first kappa shape index (κ1) is 13.1. The van der Waals surface area contributed by atoms with Crippen LogP contribution in [0.4, 0.5) is 11.6 Å². The maximum Gasteiger partial charge on any atom is 0.311 e. The molecule has 0 fully saturated rings. The van der Waals surface area contributed by atoms with Crippen LogP contribution in [0.1, 0.15) is 28.5 Å². The van der Waals surface area contributed by atoms with Crippen LogP contribution in [-0.4, -0.2) is 38.7 Å². The SMILES string of the molecule is Nc1n[nH]c(C(=O)N2CCC(C(=O)O)c3ccccc32)n1. The first-order chi connectivity index (χ1) is 10.1. The second-order valence-electron chi connectivity index (χ2n) is 4.74. The summed E-state index contributed by atoms with van der Waals surface area (Å²) in [7, 11) is 0. The standard InChI is InChI=1S/C13H13N5O3/c14-13-15-10(16-17-13)11(19)18-6-5-8(12(20)21)7-3-1-2-4-9(7)18/h1-4,8H,5-6H2,(H,20,21)(H3,14,15,16,17). The van der Waals surface area contributed by atoms with Crippen LogP contribution < -0.4 is 10.6 Å². The third-order valence-electron chi connectivity index (χ3n) is 3.49. The number of anilines is 2. The van der Waals surface area contributed by atoms with Gasteiger partial charge in [-0.1, -0.05) is 18.2 Å². The van der Waals surface area contributed by atoms with Gasteiger partial charge in [-0.15, -0.1) is 5.10 Å². The minimum Gasteiger partial charge on any atom is -0.481 e. The number of amides is 1. The maximum absolute atomic E-state index is 12.4. The number of H-pyrrole nitrogens is 1. The van der Waals surface area contributed by atoms with E-state index >= 15 is 0 Å². The summed E-state index contributed by atoms with van der Waals surface area (Å²) in [5, 5.41) is 15.4. The fourth-order valence-corrected chi connectivity index (χ4v) is 2.53. The number of rotatable bonds is 2. The van der Waals surface area contributed by atoms with Crippen molar-refractivity contribution in [3.05, 3.63) is 35.7 Å². The highest BCUT2D eigenvalue weighted by atomic mass is 16.4. The Morgan fingerprint density at radius 2 is 2.14 bits per heavy atom. The number of aliphatic carboxylic acids is 1. The average Bonchev–Trinajstić information content (AvgIpc) is 2.91. The summed E-state index contributed by atoms with van der Waals surface area (Å²) in [5.41, 5.74) is 6.60. The highest BCUT2D eigenvalue weighted by Crippen LogP contribution is 2.35. The van der Waals surface area contributed by atoms with E-state index in [1.165, 1.54) is 4.90 Å². The Morgan fingerprint density at radius 1 is 1.38 bits per heavy atom. The number of hydrogen-bond acceptors (Lipinski definition) is 5. The van der Waals surface area contributed by atoms with Crippen molar-refractivity contribution in [3.8, 4) is 0 Å². The van der Waals surface area contributed by atoms with Gasteiger partial charge in [-0.25, -0.2) is 0 Å². The predicted octanol–water partition coefficient (Wildman–Crippen LogP) is 0.606. The molecule has 0 radical (unpaired) electrons. The van der Waals surface area contributed by atoms with Crippen molar-refractivity contribution < 1.29 is 14.7 Å². The summed E-state index contributed by atoms with van der Waals surface area (Å²) in [6.07, 6.45) is 0.349. The molecule has 0 bridgehead atoms. The molecule has 0 saturated carbocycles. The van der Waals surface area contributed by atoms with Crippen LogP contribution in [0.15, 0.2) is 24.3 Å². The molecule has 2 aromatic rings. The molecule has 21 heavy (non-hydrogen) atoms. The first-order valence-corrected chi connectivity index (χ1v) is 6.39. The fraction of sp³-hybridized carbons (Fsp3) is 0.231. The van der Waals surface area contributed by atoms with Gasteiger partial charge in [0, 0.05) is 12.2 Å². The summed E-state index contributed by atoms with van der Waals surface area (Å²) < 4.78 is 0. The summed E-state index contributed by atoms with van der Waals surface area (Å²) in [6.45, 7) is 0.299. The number of benzene rings is 1. The largest absolute Gasteiger partial charge is 0.481 e. The zero-order chi connectivity index (χ0) is 15.0. The van der Waals surface area contributed by atoms with Gasteiger partial charge >= 0.3 is 5.97 Å². The molecule has 1 aromatic carbocycles. The second-order valence-corrected chi connectivity index (χ2v) is 4.74. The van der Waals surface area contributed by atoms with E-state index in [9.17, 15) is 14.7 Å². The van der Waals surface area contributed by atoms with Crippen LogP contribution >= 0.6 is 0 Å². The van der Waals surface area contributed by atoms with Crippen molar-refractivity contribution in [2.45, 2.75) is 12.3 Å². The van der Waals surface area contributed by atoms with Crippen LogP contribution in [0.2, 0.25) is 0 Å². The quantitative estimate of drug-likeness (QED) is 0.743. The molecule has 1 aliphatic rings. The van der Waals surface area contributed by atoms with Crippen molar-refractivity contribution >= 4 is 23.5 Å². The summed E-state index contributed by atoms with van der Waals surface area (Å²) in [5.74, 6) is -1.85. The minimum atomic E-state index is -0.890. The highest BCUT2D eigenvalue weighted by Gasteiger charge is 2.33. The van der Waals surface area contributed by atoms with Crippen LogP contribution in [-0.2, 0) is 4.79 Å². The van der Waals surface area contributed by atoms with Crippen molar-refractivity contribution in [1.29, 1.82) is 0 Å². The number of carboxylic acids is 1. The number of nitrogens with two attached hydrogens (primary N) is 1. The lowest BCUT2D eigenvalue weighted by Gasteiger charge is -2.32. The van der Waals surface area contributed by atoms with Gasteiger partial charge in [-0.3, -0.25) is 14.7 Å². The predicted molar refractivity (Wildman–Crippen MR) is 73.9 cm³/mol. The molecule has 4 N–H and O–H groups in total. The fourth-order valence-electron chi connectivity index (χ4n) is 2.53. The van der Waals surface area contributed by atoms with Crippen LogP contribution in [0.3, 0.4) is 0 Å². The number of nitrogens with one attached hydrogen (secondary N) is 1. The second kappa shape index (κ2) is 4.89. The van der Waals surface area contributed by atoms with Gasteiger partial charge in [-0.2, -0.15) is 4.98 Å². The average molecular weight is 287 g/mol. The third kappa shape index (κ3) is 2.20. The van der Waals surface area contributed by atoms with Crippen LogP contribution in [0.25, 0.3) is 0 Å². The number of nitrogen functional groups attached to an aromatic ring is 1. The van der Waals surface area contributed by atoms with E-state index in [-0.39, 0.29) is 17.7 Å². The Hall–Kier alpha value is -2.90. The van der Waals surface area contributed by atoms with Gasteiger partial charge in [0.2, 0.25) is 11.8 Å². The third-order valence-corrected chi connectivity index (χ3v) is 3.49. The molecule has 2 heterocycles. The molecule has 108 valence electrons. The first-order valence-electron chi connectivity index (χ1n) is 6.39. The number of fused-ring (bicyclic) bond motifs is 1. The van der Waals surface area contributed by atoms with Crippen LogP contribution in [0, 0.1) is 0 Å². The maximum atomic E-state index is 12.4. The van der Waals surface area contributed by atoms with Crippen molar-refractivity contribution in [1.82, 2.24) is 15.2 Å². The lowest BCUT2D eigenvalue weighted by molar-refractivity contribution is -0.139. The molecule has 0 aliphatic carbocycles. The van der Waals surface area contributed by atoms with Crippen molar-refractivity contribution in [3.63, 3.8) is 0 Å². The molecular formula is C13H13N5O3. The number of hydrogen-bond donors (Lipinski definition) is 3. The molecule has 0 spiro atoms. The molecule has 1 unspecified atom stereocenters. The topological polar surface area (TPSA) is 125 Å². The van der Waals surface area contributed by atoms with E-state index in [4.69, 9.17) is 5.73 Å². The molecule has 1 aromatic heterocycles. The van der Waals surface area contributed by atoms with E-state index in [2.05, 4.69) is 15.2 Å². The van der Waals surface area contributed by atoms with Gasteiger partial charge in [0.25, 0.3) is 5.91 Å². The monoisotopic (exact) mass is 287 g/mol. The number of carbonyl (C=O) groups excluding carboxylic acids is 1. The Kier molecular flexibility index (Phi) is 3.05. The smallest absolute Gasteiger partial charge is 0.311 e. The Labute approximate surface area is 119 Å². The molecule has 8 nitrogen and oxygen atoms in total. The van der Waals surface area contributed by atoms with E-state index in [1.54, 1.807) is 24.3 Å². The van der Waals surface area contributed by atoms with E-state index in [0.717, 1.165) is 0 Å². The Balaban J connectivity index is 2.00.